The van der Waals surface area contributed by atoms with Gasteiger partial charge in [0.25, 0.3) is 11.6 Å². The van der Waals surface area contributed by atoms with Gasteiger partial charge in [0.2, 0.25) is 10.0 Å². The third-order valence-electron chi connectivity index (χ3n) is 4.63. The van der Waals surface area contributed by atoms with Crippen LogP contribution in [0.2, 0.25) is 0 Å². The summed E-state index contributed by atoms with van der Waals surface area (Å²) < 4.78 is 30.2. The summed E-state index contributed by atoms with van der Waals surface area (Å²) in [6.45, 7) is 6.08. The lowest BCUT2D eigenvalue weighted by molar-refractivity contribution is 0.0954. The Morgan fingerprint density at radius 2 is 2.07 bits per heavy atom. The number of fused-ring (bicyclic) bond motifs is 1. The number of aryl methyl sites for hydroxylation is 2. The zero-order valence-electron chi connectivity index (χ0n) is 16.9. The van der Waals surface area contributed by atoms with E-state index in [1.165, 1.54) is 4.31 Å². The molecule has 1 N–H and O–H groups in total. The number of rotatable bonds is 8. The second-order valence-electron chi connectivity index (χ2n) is 6.75. The zero-order valence-corrected chi connectivity index (χ0v) is 18.5. The van der Waals surface area contributed by atoms with Crippen molar-refractivity contribution in [3.63, 3.8) is 0 Å². The van der Waals surface area contributed by atoms with E-state index >= 15 is 0 Å². The fourth-order valence-corrected chi connectivity index (χ4v) is 4.61. The molecule has 8 nitrogen and oxygen atoms in total. The zero-order chi connectivity index (χ0) is 21.2. The number of nitrogens with one attached hydrogen (secondary N) is 1. The van der Waals surface area contributed by atoms with Crippen molar-refractivity contribution in [3.05, 3.63) is 34.3 Å². The van der Waals surface area contributed by atoms with Crippen LogP contribution in [0.25, 0.3) is 21.7 Å². The first kappa shape index (κ1) is 21.4. The van der Waals surface area contributed by atoms with E-state index in [9.17, 15) is 13.2 Å². The van der Waals surface area contributed by atoms with Gasteiger partial charge in [0.05, 0.1) is 33.0 Å². The van der Waals surface area contributed by atoms with E-state index in [2.05, 4.69) is 15.5 Å². The Morgan fingerprint density at radius 1 is 1.31 bits per heavy atom. The van der Waals surface area contributed by atoms with Crippen molar-refractivity contribution in [1.82, 2.24) is 19.8 Å². The van der Waals surface area contributed by atoms with E-state index in [0.717, 1.165) is 9.75 Å². The van der Waals surface area contributed by atoms with Gasteiger partial charge >= 0.3 is 0 Å². The van der Waals surface area contributed by atoms with Crippen LogP contribution >= 0.6 is 11.3 Å². The molecular formula is C19H24N4O4S2. The number of nitrogens with zero attached hydrogens (tertiary/aromatic N) is 3. The monoisotopic (exact) mass is 436 g/mol. The summed E-state index contributed by atoms with van der Waals surface area (Å²) in [5, 5.41) is 7.40. The summed E-state index contributed by atoms with van der Waals surface area (Å²) in [7, 11) is -1.67. The highest BCUT2D eigenvalue weighted by Crippen LogP contribution is 2.30. The first-order valence-electron chi connectivity index (χ1n) is 9.29. The average molecular weight is 437 g/mol. The Balaban J connectivity index is 1.77. The van der Waals surface area contributed by atoms with Gasteiger partial charge in [-0.15, -0.1) is 11.3 Å². The van der Waals surface area contributed by atoms with Crippen LogP contribution in [0.4, 0.5) is 0 Å². The number of carbonyl (C=O) groups is 1. The van der Waals surface area contributed by atoms with Crippen LogP contribution in [-0.2, 0) is 10.0 Å². The van der Waals surface area contributed by atoms with E-state index in [0.29, 0.717) is 47.6 Å². The Hall–Kier alpha value is -2.30. The van der Waals surface area contributed by atoms with Crippen molar-refractivity contribution in [2.24, 2.45) is 0 Å². The first-order chi connectivity index (χ1) is 13.7. The molecule has 0 aliphatic rings. The Bertz CT molecular complexity index is 1130. The van der Waals surface area contributed by atoms with E-state index in [-0.39, 0.29) is 11.7 Å². The normalized spacial score (nSPS) is 12.0. The fourth-order valence-electron chi connectivity index (χ4n) is 2.93. The summed E-state index contributed by atoms with van der Waals surface area (Å²) in [5.41, 5.74) is 2.03. The Kier molecular flexibility index (Phi) is 6.35. The molecule has 0 atom stereocenters. The van der Waals surface area contributed by atoms with Crippen LogP contribution in [0.1, 0.15) is 34.3 Å². The number of hydrogen-bond donors (Lipinski definition) is 1. The van der Waals surface area contributed by atoms with Gasteiger partial charge in [0.1, 0.15) is 0 Å². The summed E-state index contributed by atoms with van der Waals surface area (Å²) in [6.07, 6.45) is 0.509. The topological polar surface area (TPSA) is 105 Å². The number of carbonyl (C=O) groups excluding carboxylic acids is 1. The molecular weight excluding hydrogens is 412 g/mol. The maximum Gasteiger partial charge on any atom is 0.259 e. The van der Waals surface area contributed by atoms with Gasteiger partial charge in [-0.1, -0.05) is 5.16 Å². The minimum absolute atomic E-state index is 0.0581. The second kappa shape index (κ2) is 8.60. The van der Waals surface area contributed by atoms with Crippen molar-refractivity contribution in [2.75, 3.05) is 25.9 Å². The molecule has 0 saturated carbocycles. The van der Waals surface area contributed by atoms with Crippen LogP contribution in [-0.4, -0.2) is 54.7 Å². The largest absolute Gasteiger partial charge is 0.352 e. The van der Waals surface area contributed by atoms with E-state index in [1.54, 1.807) is 38.3 Å². The van der Waals surface area contributed by atoms with Crippen LogP contribution < -0.4 is 5.32 Å². The Labute approximate surface area is 174 Å². The highest BCUT2D eigenvalue weighted by molar-refractivity contribution is 7.89. The second-order valence-corrected chi connectivity index (χ2v) is 10.4. The molecule has 0 aliphatic carbocycles. The molecule has 0 saturated heterocycles. The SMILES string of the molecule is CCS(=O)(=O)N(C)CCCNC(=O)c1cc(-c2ccc(C)s2)nc2onc(C)c12. The lowest BCUT2D eigenvalue weighted by atomic mass is 10.1. The molecule has 0 fully saturated rings. The maximum absolute atomic E-state index is 12.9. The summed E-state index contributed by atoms with van der Waals surface area (Å²) in [6, 6.07) is 5.71. The van der Waals surface area contributed by atoms with Crippen molar-refractivity contribution in [3.8, 4) is 10.6 Å². The molecule has 29 heavy (non-hydrogen) atoms. The summed E-state index contributed by atoms with van der Waals surface area (Å²) in [4.78, 5) is 19.5. The molecule has 0 aromatic carbocycles. The van der Waals surface area contributed by atoms with Gasteiger partial charge in [-0.05, 0) is 45.4 Å². The molecule has 3 aromatic rings. The van der Waals surface area contributed by atoms with E-state index in [1.807, 2.05) is 19.1 Å². The highest BCUT2D eigenvalue weighted by Gasteiger charge is 2.20. The number of aromatic nitrogens is 2. The van der Waals surface area contributed by atoms with E-state index in [4.69, 9.17) is 4.52 Å². The van der Waals surface area contributed by atoms with Crippen molar-refractivity contribution in [2.45, 2.75) is 27.2 Å². The standard InChI is InChI=1S/C19H24N4O4S2/c1-5-29(25,26)23(4)10-6-9-20-18(24)14-11-15(16-8-7-12(2)28-16)21-19-17(14)13(3)22-27-19/h7-8,11H,5-6,9-10H2,1-4H3,(H,20,24). The molecule has 3 aromatic heterocycles. The molecule has 0 radical (unpaired) electrons. The van der Waals surface area contributed by atoms with Gasteiger partial charge < -0.3 is 9.84 Å². The van der Waals surface area contributed by atoms with Crippen molar-refractivity contribution >= 4 is 38.4 Å². The number of pyridine rings is 1. The minimum atomic E-state index is -3.22. The average Bonchev–Trinajstić information content (AvgIpc) is 3.30. The number of amides is 1. The van der Waals surface area contributed by atoms with Crippen LogP contribution in [0.3, 0.4) is 0 Å². The van der Waals surface area contributed by atoms with Crippen LogP contribution in [0, 0.1) is 13.8 Å². The fraction of sp³-hybridized carbons (Fsp3) is 0.421. The predicted molar refractivity (Wildman–Crippen MR) is 114 cm³/mol. The van der Waals surface area contributed by atoms with Gasteiger partial charge in [-0.25, -0.2) is 17.7 Å². The molecule has 3 rings (SSSR count). The van der Waals surface area contributed by atoms with Gasteiger partial charge in [-0.2, -0.15) is 0 Å². The lowest BCUT2D eigenvalue weighted by Crippen LogP contribution is -2.32. The quantitative estimate of drug-likeness (QED) is 0.544. The Morgan fingerprint density at radius 3 is 2.72 bits per heavy atom. The smallest absolute Gasteiger partial charge is 0.259 e. The summed E-state index contributed by atoms with van der Waals surface area (Å²) in [5.74, 6) is -0.206. The number of thiophene rings is 1. The molecule has 10 heteroatoms. The number of sulfonamides is 1. The van der Waals surface area contributed by atoms with Gasteiger partial charge in [0, 0.05) is 25.0 Å². The van der Waals surface area contributed by atoms with Gasteiger partial charge in [0.15, 0.2) is 0 Å². The highest BCUT2D eigenvalue weighted by atomic mass is 32.2. The molecule has 156 valence electrons. The molecule has 0 bridgehead atoms. The van der Waals surface area contributed by atoms with Crippen LogP contribution in [0.5, 0.6) is 0 Å². The lowest BCUT2D eigenvalue weighted by Gasteiger charge is -2.15. The first-order valence-corrected chi connectivity index (χ1v) is 11.7. The van der Waals surface area contributed by atoms with Crippen LogP contribution in [0.15, 0.2) is 22.7 Å². The van der Waals surface area contributed by atoms with Gasteiger partial charge in [-0.3, -0.25) is 4.79 Å². The molecule has 0 aliphatic heterocycles. The van der Waals surface area contributed by atoms with E-state index < -0.39 is 10.0 Å². The molecule has 0 spiro atoms. The van der Waals surface area contributed by atoms with Crippen molar-refractivity contribution < 1.29 is 17.7 Å². The molecule has 3 heterocycles. The molecule has 1 amide bonds. The third kappa shape index (κ3) is 4.65. The van der Waals surface area contributed by atoms with Crippen molar-refractivity contribution in [1.29, 1.82) is 0 Å². The minimum Gasteiger partial charge on any atom is -0.352 e. The molecule has 0 unspecified atom stereocenters. The maximum atomic E-state index is 12.9. The summed E-state index contributed by atoms with van der Waals surface area (Å²) >= 11 is 1.59. The number of hydrogen-bond acceptors (Lipinski definition) is 7. The predicted octanol–water partition coefficient (Wildman–Crippen LogP) is 2.97. The third-order valence-corrected chi connectivity index (χ3v) is 7.51.